The van der Waals surface area contributed by atoms with E-state index in [9.17, 15) is 24.3 Å². The van der Waals surface area contributed by atoms with Crippen molar-refractivity contribution in [2.24, 2.45) is 46.3 Å². The molecule has 0 aromatic rings. The van der Waals surface area contributed by atoms with Gasteiger partial charge in [0.15, 0.2) is 0 Å². The van der Waals surface area contributed by atoms with E-state index in [0.29, 0.717) is 55.1 Å². The van der Waals surface area contributed by atoms with Crippen LogP contribution >= 0.6 is 0 Å². The van der Waals surface area contributed by atoms with Crippen LogP contribution < -0.4 is 0 Å². The maximum absolute atomic E-state index is 12.7. The molecule has 0 heterocycles. The van der Waals surface area contributed by atoms with Crippen molar-refractivity contribution in [1.29, 1.82) is 0 Å². The Kier molecular flexibility index (Phi) is 7.36. The average molecular weight is 491 g/mol. The molecule has 0 aromatic heterocycles. The van der Waals surface area contributed by atoms with E-state index in [0.717, 1.165) is 32.1 Å². The van der Waals surface area contributed by atoms with Crippen LogP contribution in [-0.4, -0.2) is 40.0 Å². The van der Waals surface area contributed by atoms with Crippen LogP contribution in [0.25, 0.3) is 0 Å². The van der Waals surface area contributed by atoms with E-state index in [1.54, 1.807) is 0 Å². The van der Waals surface area contributed by atoms with Crippen molar-refractivity contribution in [3.63, 3.8) is 0 Å². The predicted octanol–water partition coefficient (Wildman–Crippen LogP) is 5.10. The van der Waals surface area contributed by atoms with Gasteiger partial charge in [0, 0.05) is 25.2 Å². The molecule has 4 saturated carbocycles. The summed E-state index contributed by atoms with van der Waals surface area (Å²) in [6, 6.07) is 0. The second-order valence-corrected chi connectivity index (χ2v) is 12.5. The summed E-state index contributed by atoms with van der Waals surface area (Å²) in [6.45, 7) is 6.93. The predicted molar refractivity (Wildman–Crippen MR) is 128 cm³/mol. The smallest absolute Gasteiger partial charge is 0.306 e. The molecule has 0 aromatic carbocycles. The summed E-state index contributed by atoms with van der Waals surface area (Å²) in [6.07, 6.45) is 7.30. The Morgan fingerprint density at radius 3 is 2.34 bits per heavy atom. The zero-order valence-electron chi connectivity index (χ0n) is 21.5. The van der Waals surface area contributed by atoms with Crippen molar-refractivity contribution in [3.8, 4) is 0 Å². The number of ketones is 1. The lowest BCUT2D eigenvalue weighted by Gasteiger charge is -2.62. The van der Waals surface area contributed by atoms with Gasteiger partial charge in [0.25, 0.3) is 0 Å². The van der Waals surface area contributed by atoms with Gasteiger partial charge in [-0.1, -0.05) is 20.8 Å². The highest BCUT2D eigenvalue weighted by Crippen LogP contribution is 2.68. The van der Waals surface area contributed by atoms with E-state index < -0.39 is 17.9 Å². The van der Waals surface area contributed by atoms with Crippen LogP contribution in [0.1, 0.15) is 97.8 Å². The molecule has 7 heteroatoms. The standard InChI is InChI=1S/C28H42O7/c1-16(4-7-23(30)31)19-5-6-20-26-21(11-13-28(19,20)3)27(2)12-10-18(29)14-17(27)15-22(26)35-25(34)9-8-24(32)33/h16-17,19-22,26H,4-15H2,1-3H3,(H,30,31)(H,32,33)/t16-,17+,19-,20+,21+,22-,26+,27+,28-/m1/s1. The number of carboxylic acid groups (broad SMARTS) is 2. The molecule has 4 aliphatic carbocycles. The van der Waals surface area contributed by atoms with Crippen LogP contribution in [0.5, 0.6) is 0 Å². The van der Waals surface area contributed by atoms with E-state index in [1.807, 2.05) is 0 Å². The fourth-order valence-electron chi connectivity index (χ4n) is 9.07. The molecule has 4 rings (SSSR count). The Morgan fingerprint density at radius 2 is 1.66 bits per heavy atom. The Labute approximate surface area is 208 Å². The minimum atomic E-state index is -1.01. The van der Waals surface area contributed by atoms with Crippen molar-refractivity contribution in [3.05, 3.63) is 0 Å². The van der Waals surface area contributed by atoms with Gasteiger partial charge in [-0.3, -0.25) is 19.2 Å². The van der Waals surface area contributed by atoms with Gasteiger partial charge in [-0.25, -0.2) is 0 Å². The number of Topliss-reactive ketones (excluding diaryl/α,β-unsaturated/α-hetero) is 1. The number of rotatable bonds is 8. The molecule has 0 saturated heterocycles. The summed E-state index contributed by atoms with van der Waals surface area (Å²) in [5.74, 6) is 0.0908. The first-order valence-corrected chi connectivity index (χ1v) is 13.6. The quantitative estimate of drug-likeness (QED) is 0.454. The fraction of sp³-hybridized carbons (Fsp3) is 0.857. The minimum absolute atomic E-state index is 0.0664. The number of fused-ring (bicyclic) bond motifs is 5. The van der Waals surface area contributed by atoms with E-state index >= 15 is 0 Å². The number of carboxylic acids is 2. The zero-order chi connectivity index (χ0) is 25.5. The van der Waals surface area contributed by atoms with Gasteiger partial charge in [0.05, 0.1) is 12.8 Å². The number of carbonyl (C=O) groups is 4. The van der Waals surface area contributed by atoms with E-state index in [1.165, 1.54) is 0 Å². The Balaban J connectivity index is 1.60. The van der Waals surface area contributed by atoms with Gasteiger partial charge in [-0.15, -0.1) is 0 Å². The Hall–Kier alpha value is -1.92. The van der Waals surface area contributed by atoms with E-state index in [2.05, 4.69) is 20.8 Å². The van der Waals surface area contributed by atoms with Crippen LogP contribution in [0.15, 0.2) is 0 Å². The van der Waals surface area contributed by atoms with Gasteiger partial charge in [-0.2, -0.15) is 0 Å². The molecule has 0 spiro atoms. The normalized spacial score (nSPS) is 41.3. The lowest BCUT2D eigenvalue weighted by atomic mass is 9.43. The molecule has 0 aliphatic heterocycles. The Bertz CT molecular complexity index is 867. The maximum atomic E-state index is 12.7. The number of carbonyl (C=O) groups excluding carboxylic acids is 2. The third-order valence-corrected chi connectivity index (χ3v) is 10.9. The topological polar surface area (TPSA) is 118 Å². The van der Waals surface area contributed by atoms with E-state index in [4.69, 9.17) is 9.84 Å². The molecule has 2 N–H and O–H groups in total. The summed E-state index contributed by atoms with van der Waals surface area (Å²) in [5.41, 5.74) is 0.148. The number of hydrogen-bond acceptors (Lipinski definition) is 5. The first-order valence-electron chi connectivity index (χ1n) is 13.6. The number of ether oxygens (including phenoxy) is 1. The molecule has 4 aliphatic rings. The van der Waals surface area contributed by atoms with Gasteiger partial charge in [-0.05, 0) is 85.4 Å². The third-order valence-electron chi connectivity index (χ3n) is 10.9. The zero-order valence-corrected chi connectivity index (χ0v) is 21.5. The van der Waals surface area contributed by atoms with Gasteiger partial charge < -0.3 is 14.9 Å². The number of hydrogen-bond donors (Lipinski definition) is 2. The number of aliphatic carboxylic acids is 2. The highest BCUT2D eigenvalue weighted by molar-refractivity contribution is 5.80. The van der Waals surface area contributed by atoms with Crippen molar-refractivity contribution >= 4 is 23.7 Å². The Morgan fingerprint density at radius 1 is 0.971 bits per heavy atom. The van der Waals surface area contributed by atoms with Crippen molar-refractivity contribution in [2.45, 2.75) is 104 Å². The van der Waals surface area contributed by atoms with Crippen LogP contribution in [0.2, 0.25) is 0 Å². The summed E-state index contributed by atoms with van der Waals surface area (Å²) >= 11 is 0. The maximum Gasteiger partial charge on any atom is 0.306 e. The lowest BCUT2D eigenvalue weighted by Crippen LogP contribution is -2.59. The molecule has 35 heavy (non-hydrogen) atoms. The first kappa shape index (κ1) is 26.2. The van der Waals surface area contributed by atoms with Gasteiger partial charge in [0.2, 0.25) is 0 Å². The largest absolute Gasteiger partial charge is 0.481 e. The average Bonchev–Trinajstić information content (AvgIpc) is 3.14. The van der Waals surface area contributed by atoms with E-state index in [-0.39, 0.29) is 48.0 Å². The summed E-state index contributed by atoms with van der Waals surface area (Å²) in [5, 5.41) is 18.2. The van der Waals surface area contributed by atoms with Gasteiger partial charge in [0.1, 0.15) is 11.9 Å². The molecule has 0 radical (unpaired) electrons. The van der Waals surface area contributed by atoms with Crippen molar-refractivity contribution < 1.29 is 34.1 Å². The molecule has 0 bridgehead atoms. The highest BCUT2D eigenvalue weighted by Gasteiger charge is 2.63. The monoisotopic (exact) mass is 490 g/mol. The molecule has 0 unspecified atom stereocenters. The van der Waals surface area contributed by atoms with Crippen LogP contribution in [0.4, 0.5) is 0 Å². The highest BCUT2D eigenvalue weighted by atomic mass is 16.5. The first-order chi connectivity index (χ1) is 16.5. The molecule has 4 fully saturated rings. The molecular weight excluding hydrogens is 448 g/mol. The molecule has 9 atom stereocenters. The molecule has 7 nitrogen and oxygen atoms in total. The number of esters is 1. The second-order valence-electron chi connectivity index (χ2n) is 12.5. The SMILES string of the molecule is C[C@H](CCC(=O)O)[C@H]1CC[C@H]2[C@@H]3[C@H](OC(=O)CCC(=O)O)C[C@@H]4CC(=O)CC[C@]4(C)[C@H]3CC[C@]12C. The minimum Gasteiger partial charge on any atom is -0.481 e. The van der Waals surface area contributed by atoms with Gasteiger partial charge >= 0.3 is 17.9 Å². The fourth-order valence-corrected chi connectivity index (χ4v) is 9.07. The van der Waals surface area contributed by atoms with Crippen LogP contribution in [-0.2, 0) is 23.9 Å². The van der Waals surface area contributed by atoms with Crippen molar-refractivity contribution in [2.75, 3.05) is 0 Å². The summed E-state index contributed by atoms with van der Waals surface area (Å²) in [7, 11) is 0. The molecule has 196 valence electrons. The summed E-state index contributed by atoms with van der Waals surface area (Å²) in [4.78, 5) is 47.2. The lowest BCUT2D eigenvalue weighted by molar-refractivity contribution is -0.191. The molecule has 0 amide bonds. The second kappa shape index (κ2) is 9.85. The molecular formula is C28H42O7. The third kappa shape index (κ3) is 4.89. The van der Waals surface area contributed by atoms with Crippen LogP contribution in [0.3, 0.4) is 0 Å². The summed E-state index contributed by atoms with van der Waals surface area (Å²) < 4.78 is 6.08. The van der Waals surface area contributed by atoms with Crippen molar-refractivity contribution in [1.82, 2.24) is 0 Å². The van der Waals surface area contributed by atoms with Crippen LogP contribution in [0, 0.1) is 46.3 Å².